The molecule has 1 heterocycles. The molecule has 2 saturated carbocycles. The van der Waals surface area contributed by atoms with Crippen molar-refractivity contribution in [3.05, 3.63) is 29.8 Å². The molecule has 5 nitrogen and oxygen atoms in total. The second-order valence-corrected chi connectivity index (χ2v) is 6.55. The van der Waals surface area contributed by atoms with Gasteiger partial charge >= 0.3 is 5.97 Å². The normalized spacial score (nSPS) is 34.6. The van der Waals surface area contributed by atoms with Gasteiger partial charge < -0.3 is 10.1 Å². The molecule has 3 aliphatic rings. The topological polar surface area (TPSA) is 72.5 Å². The second-order valence-electron chi connectivity index (χ2n) is 6.55. The van der Waals surface area contributed by atoms with E-state index in [1.165, 1.54) is 6.92 Å². The maximum Gasteiger partial charge on any atom is 0.310 e. The van der Waals surface area contributed by atoms with Gasteiger partial charge in [-0.05, 0) is 37.8 Å². The van der Waals surface area contributed by atoms with Crippen LogP contribution in [-0.4, -0.2) is 23.8 Å². The Balaban J connectivity index is 1.55. The van der Waals surface area contributed by atoms with Crippen molar-refractivity contribution in [2.24, 2.45) is 23.7 Å². The summed E-state index contributed by atoms with van der Waals surface area (Å²) in [6.07, 6.45) is 1.75. The van der Waals surface area contributed by atoms with E-state index < -0.39 is 0 Å². The fraction of sp³-hybridized carbons (Fsp3) is 0.471. The van der Waals surface area contributed by atoms with Gasteiger partial charge in [0.2, 0.25) is 5.91 Å². The average molecular weight is 299 g/mol. The highest BCUT2D eigenvalue weighted by Gasteiger charge is 2.63. The minimum Gasteiger partial charge on any atom is -0.462 e. The van der Waals surface area contributed by atoms with Crippen LogP contribution in [-0.2, 0) is 14.3 Å². The van der Waals surface area contributed by atoms with Crippen LogP contribution in [0.15, 0.2) is 24.3 Å². The number of carbonyl (C=O) groups is 3. The number of benzene rings is 1. The van der Waals surface area contributed by atoms with Crippen LogP contribution in [0, 0.1) is 23.7 Å². The number of ketones is 1. The van der Waals surface area contributed by atoms with E-state index in [0.29, 0.717) is 11.3 Å². The number of Topliss-reactive ketones (excluding diaryl/α,β-unsaturated/α-hetero) is 1. The van der Waals surface area contributed by atoms with Crippen molar-refractivity contribution in [1.29, 1.82) is 0 Å². The van der Waals surface area contributed by atoms with Gasteiger partial charge in [0, 0.05) is 17.2 Å². The summed E-state index contributed by atoms with van der Waals surface area (Å²) in [6, 6.07) is 6.89. The molecule has 5 heteroatoms. The van der Waals surface area contributed by atoms with Crippen LogP contribution in [0.5, 0.6) is 0 Å². The Morgan fingerprint density at radius 1 is 1.27 bits per heavy atom. The summed E-state index contributed by atoms with van der Waals surface area (Å²) in [7, 11) is 0. The van der Waals surface area contributed by atoms with Gasteiger partial charge in [0.1, 0.15) is 6.10 Å². The molecule has 5 atom stereocenters. The van der Waals surface area contributed by atoms with Crippen molar-refractivity contribution in [2.75, 3.05) is 5.32 Å². The number of esters is 1. The third kappa shape index (κ3) is 1.88. The number of rotatable bonds is 3. The third-order valence-electron chi connectivity index (χ3n) is 5.32. The zero-order valence-corrected chi connectivity index (χ0v) is 12.2. The predicted octanol–water partition coefficient (Wildman–Crippen LogP) is 2.03. The first-order valence-electron chi connectivity index (χ1n) is 7.67. The fourth-order valence-electron chi connectivity index (χ4n) is 4.40. The lowest BCUT2D eigenvalue weighted by Crippen LogP contribution is -2.35. The molecule has 114 valence electrons. The monoisotopic (exact) mass is 299 g/mol. The Bertz CT molecular complexity index is 681. The van der Waals surface area contributed by atoms with Crippen molar-refractivity contribution < 1.29 is 19.1 Å². The lowest BCUT2D eigenvalue weighted by molar-refractivity contribution is -0.145. The Hall–Kier alpha value is -2.17. The van der Waals surface area contributed by atoms with Crippen molar-refractivity contribution in [3.63, 3.8) is 0 Å². The van der Waals surface area contributed by atoms with Crippen molar-refractivity contribution >= 4 is 23.3 Å². The fourth-order valence-corrected chi connectivity index (χ4v) is 4.40. The quantitative estimate of drug-likeness (QED) is 0.684. The van der Waals surface area contributed by atoms with Crippen LogP contribution < -0.4 is 5.32 Å². The average Bonchev–Trinajstić information content (AvgIpc) is 3.08. The molecule has 1 saturated heterocycles. The summed E-state index contributed by atoms with van der Waals surface area (Å²) in [6.45, 7) is 1.49. The maximum atomic E-state index is 12.6. The lowest BCUT2D eigenvalue weighted by atomic mass is 9.79. The molecule has 2 aliphatic carbocycles. The number of anilines is 1. The molecular weight excluding hydrogens is 282 g/mol. The van der Waals surface area contributed by atoms with Crippen molar-refractivity contribution in [2.45, 2.75) is 25.9 Å². The van der Waals surface area contributed by atoms with E-state index in [1.54, 1.807) is 24.3 Å². The second kappa shape index (κ2) is 4.66. The Labute approximate surface area is 128 Å². The molecule has 1 aliphatic heterocycles. The molecule has 1 aromatic rings. The number of hydrogen-bond donors (Lipinski definition) is 1. The third-order valence-corrected chi connectivity index (χ3v) is 5.32. The van der Waals surface area contributed by atoms with E-state index in [-0.39, 0.29) is 47.4 Å². The first kappa shape index (κ1) is 13.5. The summed E-state index contributed by atoms with van der Waals surface area (Å²) in [5.41, 5.74) is 1.16. The first-order valence-corrected chi connectivity index (χ1v) is 7.67. The van der Waals surface area contributed by atoms with Gasteiger partial charge in [0.25, 0.3) is 0 Å². The highest BCUT2D eigenvalue weighted by atomic mass is 16.6. The lowest BCUT2D eigenvalue weighted by Gasteiger charge is -2.23. The standard InChI is InChI=1S/C17H17NO4/c1-8(19)9-3-2-4-11(5-9)18-16(20)14-10-6-12-13(7-10)22-17(21)15(12)14/h2-5,10,12-15H,6-7H2,1H3,(H,18,20)/t10-,12+,13+,14-,15-/m1/s1. The Morgan fingerprint density at radius 3 is 2.86 bits per heavy atom. The summed E-state index contributed by atoms with van der Waals surface area (Å²) >= 11 is 0. The van der Waals surface area contributed by atoms with Crippen LogP contribution in [0.25, 0.3) is 0 Å². The minimum absolute atomic E-state index is 0.0348. The zero-order valence-electron chi connectivity index (χ0n) is 12.2. The molecule has 1 aromatic carbocycles. The smallest absolute Gasteiger partial charge is 0.310 e. The van der Waals surface area contributed by atoms with Crippen molar-refractivity contribution in [3.8, 4) is 0 Å². The van der Waals surface area contributed by atoms with Crippen LogP contribution in [0.2, 0.25) is 0 Å². The molecule has 22 heavy (non-hydrogen) atoms. The molecule has 1 N–H and O–H groups in total. The highest BCUT2D eigenvalue weighted by Crippen LogP contribution is 2.57. The number of amides is 1. The van der Waals surface area contributed by atoms with E-state index in [4.69, 9.17) is 4.74 Å². The molecule has 4 rings (SSSR count). The summed E-state index contributed by atoms with van der Waals surface area (Å²) in [5, 5.41) is 2.87. The Kier molecular flexibility index (Phi) is 2.86. The van der Waals surface area contributed by atoms with Crippen LogP contribution in [0.4, 0.5) is 5.69 Å². The molecule has 0 aromatic heterocycles. The SMILES string of the molecule is CC(=O)c1cccc(NC(=O)[C@@H]2[C@@H]3C[C@@H]4[C@H]2C(=O)O[C@H]4C3)c1. The molecule has 0 spiro atoms. The maximum absolute atomic E-state index is 12.6. The van der Waals surface area contributed by atoms with Gasteiger partial charge in [0.15, 0.2) is 5.78 Å². The highest BCUT2D eigenvalue weighted by molar-refractivity contribution is 5.99. The van der Waals surface area contributed by atoms with Crippen LogP contribution >= 0.6 is 0 Å². The van der Waals surface area contributed by atoms with Crippen LogP contribution in [0.3, 0.4) is 0 Å². The van der Waals surface area contributed by atoms with Gasteiger partial charge in [-0.3, -0.25) is 14.4 Å². The number of nitrogens with one attached hydrogen (secondary N) is 1. The zero-order chi connectivity index (χ0) is 15.4. The molecular formula is C17H17NO4. The number of carbonyl (C=O) groups excluding carboxylic acids is 3. The van der Waals surface area contributed by atoms with E-state index in [1.807, 2.05) is 0 Å². The molecule has 1 amide bonds. The van der Waals surface area contributed by atoms with Gasteiger partial charge in [-0.25, -0.2) is 0 Å². The number of hydrogen-bond acceptors (Lipinski definition) is 4. The predicted molar refractivity (Wildman–Crippen MR) is 78.2 cm³/mol. The largest absolute Gasteiger partial charge is 0.462 e. The minimum atomic E-state index is -0.294. The number of ether oxygens (including phenoxy) is 1. The van der Waals surface area contributed by atoms with Gasteiger partial charge in [-0.15, -0.1) is 0 Å². The van der Waals surface area contributed by atoms with E-state index in [9.17, 15) is 14.4 Å². The van der Waals surface area contributed by atoms with E-state index in [2.05, 4.69) is 5.32 Å². The van der Waals surface area contributed by atoms with Gasteiger partial charge in [0.05, 0.1) is 11.8 Å². The molecule has 0 radical (unpaired) electrons. The Morgan fingerprint density at radius 2 is 2.09 bits per heavy atom. The van der Waals surface area contributed by atoms with Crippen LogP contribution in [0.1, 0.15) is 30.1 Å². The molecule has 3 fully saturated rings. The van der Waals surface area contributed by atoms with E-state index in [0.717, 1.165) is 12.8 Å². The molecule has 0 unspecified atom stereocenters. The molecule has 2 bridgehead atoms. The van der Waals surface area contributed by atoms with Crippen molar-refractivity contribution in [1.82, 2.24) is 0 Å². The summed E-state index contributed by atoms with van der Waals surface area (Å²) < 4.78 is 5.36. The van der Waals surface area contributed by atoms with Gasteiger partial charge in [-0.2, -0.15) is 0 Å². The van der Waals surface area contributed by atoms with Gasteiger partial charge in [-0.1, -0.05) is 12.1 Å². The number of fused-ring (bicyclic) bond motifs is 1. The summed E-state index contributed by atoms with van der Waals surface area (Å²) in [5.74, 6) is -0.502. The van der Waals surface area contributed by atoms with E-state index >= 15 is 0 Å². The summed E-state index contributed by atoms with van der Waals surface area (Å²) in [4.78, 5) is 36.0. The first-order chi connectivity index (χ1) is 10.5.